The fraction of sp³-hybridized carbons (Fsp3) is 0.625. The Labute approximate surface area is 106 Å². The minimum Gasteiger partial charge on any atom is -0.310 e. The van der Waals surface area contributed by atoms with Gasteiger partial charge in [-0.05, 0) is 50.3 Å². The largest absolute Gasteiger partial charge is 0.310 e. The van der Waals surface area contributed by atoms with E-state index in [2.05, 4.69) is 44.3 Å². The average molecular weight is 231 g/mol. The Kier molecular flexibility index (Phi) is 4.22. The van der Waals surface area contributed by atoms with E-state index in [-0.39, 0.29) is 0 Å². The quantitative estimate of drug-likeness (QED) is 0.775. The predicted molar refractivity (Wildman–Crippen MR) is 74.3 cm³/mol. The van der Waals surface area contributed by atoms with Gasteiger partial charge >= 0.3 is 0 Å². The standard InChI is InChI=1S/C16H25N/c1-4-9-17-16(11-14-7-8-14)15-10-12(2)5-6-13(15)3/h5-6,10,14,16-17H,4,7-9,11H2,1-3H3. The van der Waals surface area contributed by atoms with Crippen LogP contribution in [-0.2, 0) is 0 Å². The number of rotatable bonds is 6. The molecule has 1 fully saturated rings. The number of hydrogen-bond donors (Lipinski definition) is 1. The second-order valence-corrected chi connectivity index (χ2v) is 5.55. The van der Waals surface area contributed by atoms with Crippen LogP contribution < -0.4 is 5.32 Å². The Morgan fingerprint density at radius 3 is 2.71 bits per heavy atom. The maximum absolute atomic E-state index is 3.73. The Morgan fingerprint density at radius 1 is 1.29 bits per heavy atom. The van der Waals surface area contributed by atoms with Crippen molar-refractivity contribution < 1.29 is 0 Å². The molecule has 94 valence electrons. The average Bonchev–Trinajstić information content (AvgIpc) is 3.11. The van der Waals surface area contributed by atoms with Crippen molar-refractivity contribution in [2.24, 2.45) is 5.92 Å². The van der Waals surface area contributed by atoms with Gasteiger partial charge in [-0.3, -0.25) is 0 Å². The van der Waals surface area contributed by atoms with Crippen LogP contribution in [-0.4, -0.2) is 6.54 Å². The summed E-state index contributed by atoms with van der Waals surface area (Å²) in [5, 5.41) is 3.73. The van der Waals surface area contributed by atoms with E-state index in [0.717, 1.165) is 12.5 Å². The molecule has 1 aliphatic carbocycles. The molecule has 1 saturated carbocycles. The summed E-state index contributed by atoms with van der Waals surface area (Å²) in [7, 11) is 0. The van der Waals surface area contributed by atoms with E-state index in [1.807, 2.05) is 0 Å². The third-order valence-electron chi connectivity index (χ3n) is 3.72. The molecule has 1 heteroatoms. The van der Waals surface area contributed by atoms with Crippen LogP contribution in [0, 0.1) is 19.8 Å². The highest BCUT2D eigenvalue weighted by molar-refractivity contribution is 5.33. The van der Waals surface area contributed by atoms with E-state index < -0.39 is 0 Å². The summed E-state index contributed by atoms with van der Waals surface area (Å²) in [5.74, 6) is 0.976. The zero-order valence-electron chi connectivity index (χ0n) is 11.4. The van der Waals surface area contributed by atoms with Crippen LogP contribution in [0.2, 0.25) is 0 Å². The van der Waals surface area contributed by atoms with Gasteiger partial charge in [0, 0.05) is 6.04 Å². The van der Waals surface area contributed by atoms with Gasteiger partial charge in [0.1, 0.15) is 0 Å². The van der Waals surface area contributed by atoms with Gasteiger partial charge < -0.3 is 5.32 Å². The second-order valence-electron chi connectivity index (χ2n) is 5.55. The highest BCUT2D eigenvalue weighted by Gasteiger charge is 2.26. The molecule has 1 atom stereocenters. The van der Waals surface area contributed by atoms with Gasteiger partial charge in [-0.15, -0.1) is 0 Å². The molecule has 0 heterocycles. The highest BCUT2D eigenvalue weighted by Crippen LogP contribution is 2.38. The summed E-state index contributed by atoms with van der Waals surface area (Å²) in [6.45, 7) is 7.80. The molecular weight excluding hydrogens is 206 g/mol. The lowest BCUT2D eigenvalue weighted by molar-refractivity contribution is 0.472. The van der Waals surface area contributed by atoms with Gasteiger partial charge in [-0.2, -0.15) is 0 Å². The van der Waals surface area contributed by atoms with Gasteiger partial charge in [0.05, 0.1) is 0 Å². The van der Waals surface area contributed by atoms with Gasteiger partial charge in [0.15, 0.2) is 0 Å². The lowest BCUT2D eigenvalue weighted by Gasteiger charge is -2.21. The zero-order valence-corrected chi connectivity index (χ0v) is 11.4. The minimum absolute atomic E-state index is 0.572. The molecule has 0 bridgehead atoms. The molecule has 0 amide bonds. The molecule has 1 aromatic carbocycles. The van der Waals surface area contributed by atoms with Gasteiger partial charge in [-0.25, -0.2) is 0 Å². The first kappa shape index (κ1) is 12.6. The monoisotopic (exact) mass is 231 g/mol. The smallest absolute Gasteiger partial charge is 0.0325 e. The summed E-state index contributed by atoms with van der Waals surface area (Å²) < 4.78 is 0. The fourth-order valence-electron chi connectivity index (χ4n) is 2.46. The normalized spacial score (nSPS) is 17.1. The van der Waals surface area contributed by atoms with E-state index in [9.17, 15) is 0 Å². The summed E-state index contributed by atoms with van der Waals surface area (Å²) in [5.41, 5.74) is 4.33. The maximum Gasteiger partial charge on any atom is 0.0325 e. The zero-order chi connectivity index (χ0) is 12.3. The van der Waals surface area contributed by atoms with E-state index in [0.29, 0.717) is 6.04 Å². The number of aryl methyl sites for hydroxylation is 2. The van der Waals surface area contributed by atoms with Crippen molar-refractivity contribution in [2.75, 3.05) is 6.54 Å². The molecule has 17 heavy (non-hydrogen) atoms. The molecule has 1 N–H and O–H groups in total. The first-order chi connectivity index (χ1) is 8.20. The third-order valence-corrected chi connectivity index (χ3v) is 3.72. The van der Waals surface area contributed by atoms with Crippen LogP contribution in [0.15, 0.2) is 18.2 Å². The summed E-state index contributed by atoms with van der Waals surface area (Å²) in [4.78, 5) is 0. The molecule has 0 spiro atoms. The summed E-state index contributed by atoms with van der Waals surface area (Å²) in [6, 6.07) is 7.41. The van der Waals surface area contributed by atoms with Crippen molar-refractivity contribution in [2.45, 2.75) is 52.5 Å². The van der Waals surface area contributed by atoms with Crippen LogP contribution in [0.1, 0.15) is 55.3 Å². The van der Waals surface area contributed by atoms with Crippen LogP contribution in [0.25, 0.3) is 0 Å². The maximum atomic E-state index is 3.73. The molecule has 1 nitrogen and oxygen atoms in total. The molecule has 0 aliphatic heterocycles. The van der Waals surface area contributed by atoms with E-state index >= 15 is 0 Å². The van der Waals surface area contributed by atoms with Crippen molar-refractivity contribution in [1.82, 2.24) is 5.32 Å². The first-order valence-electron chi connectivity index (χ1n) is 7.01. The third kappa shape index (κ3) is 3.57. The van der Waals surface area contributed by atoms with Crippen molar-refractivity contribution in [3.05, 3.63) is 34.9 Å². The van der Waals surface area contributed by atoms with Crippen LogP contribution >= 0.6 is 0 Å². The van der Waals surface area contributed by atoms with Gasteiger partial charge in [0.25, 0.3) is 0 Å². The molecule has 0 radical (unpaired) electrons. The summed E-state index contributed by atoms with van der Waals surface area (Å²) in [6.07, 6.45) is 5.42. The first-order valence-corrected chi connectivity index (χ1v) is 7.01. The Hall–Kier alpha value is -0.820. The SMILES string of the molecule is CCCNC(CC1CC1)c1cc(C)ccc1C. The van der Waals surface area contributed by atoms with Gasteiger partial charge in [-0.1, -0.05) is 43.5 Å². The molecule has 0 aromatic heterocycles. The Morgan fingerprint density at radius 2 is 2.06 bits per heavy atom. The van der Waals surface area contributed by atoms with E-state index in [1.165, 1.54) is 42.4 Å². The predicted octanol–water partition coefficient (Wildman–Crippen LogP) is 4.14. The molecule has 0 saturated heterocycles. The molecular formula is C16H25N. The van der Waals surface area contributed by atoms with Crippen molar-refractivity contribution in [3.63, 3.8) is 0 Å². The number of nitrogens with one attached hydrogen (secondary N) is 1. The fourth-order valence-corrected chi connectivity index (χ4v) is 2.46. The van der Waals surface area contributed by atoms with E-state index in [4.69, 9.17) is 0 Å². The van der Waals surface area contributed by atoms with Crippen LogP contribution in [0.5, 0.6) is 0 Å². The molecule has 2 rings (SSSR count). The van der Waals surface area contributed by atoms with Crippen molar-refractivity contribution >= 4 is 0 Å². The Balaban J connectivity index is 2.13. The van der Waals surface area contributed by atoms with E-state index in [1.54, 1.807) is 0 Å². The lowest BCUT2D eigenvalue weighted by atomic mass is 9.95. The second kappa shape index (κ2) is 5.68. The van der Waals surface area contributed by atoms with Crippen LogP contribution in [0.3, 0.4) is 0 Å². The minimum atomic E-state index is 0.572. The molecule has 1 aromatic rings. The van der Waals surface area contributed by atoms with Crippen LogP contribution in [0.4, 0.5) is 0 Å². The van der Waals surface area contributed by atoms with Crippen molar-refractivity contribution in [3.8, 4) is 0 Å². The number of hydrogen-bond acceptors (Lipinski definition) is 1. The summed E-state index contributed by atoms with van der Waals surface area (Å²) >= 11 is 0. The number of benzene rings is 1. The Bertz CT molecular complexity index is 366. The highest BCUT2D eigenvalue weighted by atomic mass is 14.9. The van der Waals surface area contributed by atoms with Gasteiger partial charge in [0.2, 0.25) is 0 Å². The van der Waals surface area contributed by atoms with Crippen molar-refractivity contribution in [1.29, 1.82) is 0 Å². The lowest BCUT2D eigenvalue weighted by Crippen LogP contribution is -2.23. The topological polar surface area (TPSA) is 12.0 Å². The molecule has 1 aliphatic rings. The molecule has 1 unspecified atom stereocenters.